The zero-order chi connectivity index (χ0) is 21.2. The number of carbonyl (C=O) groups excluding carboxylic acids is 1. The number of pyridine rings is 1. The summed E-state index contributed by atoms with van der Waals surface area (Å²) >= 11 is 1.61. The molecule has 156 valence electrons. The van der Waals surface area contributed by atoms with Crippen LogP contribution >= 0.6 is 11.3 Å². The van der Waals surface area contributed by atoms with Crippen LogP contribution < -0.4 is 0 Å². The molecular weight excluding hydrogens is 411 g/mol. The SMILES string of the molecule is O=C(c1ccc2ccccc2n1)N1CCN(Cc2nc(-c3ccc(F)cc3)cs2)CC1. The van der Waals surface area contributed by atoms with Crippen LogP contribution in [0.3, 0.4) is 0 Å². The Kier molecular flexibility index (Phi) is 5.44. The van der Waals surface area contributed by atoms with Crippen LogP contribution in [0.1, 0.15) is 15.5 Å². The lowest BCUT2D eigenvalue weighted by molar-refractivity contribution is 0.0623. The predicted octanol–water partition coefficient (Wildman–Crippen LogP) is 4.46. The molecule has 1 aliphatic heterocycles. The van der Waals surface area contributed by atoms with E-state index in [1.807, 2.05) is 46.7 Å². The van der Waals surface area contributed by atoms with E-state index in [0.29, 0.717) is 18.8 Å². The van der Waals surface area contributed by atoms with Crippen LogP contribution in [0.5, 0.6) is 0 Å². The minimum atomic E-state index is -0.245. The number of nitrogens with zero attached hydrogens (tertiary/aromatic N) is 4. The van der Waals surface area contributed by atoms with Crippen LogP contribution in [0.25, 0.3) is 22.2 Å². The van der Waals surface area contributed by atoms with Gasteiger partial charge in [-0.25, -0.2) is 14.4 Å². The number of piperazine rings is 1. The number of thiazole rings is 1. The van der Waals surface area contributed by atoms with E-state index in [-0.39, 0.29) is 11.7 Å². The Balaban J connectivity index is 1.19. The third-order valence-corrected chi connectivity index (χ3v) is 6.36. The second-order valence-corrected chi connectivity index (χ2v) is 8.53. The topological polar surface area (TPSA) is 49.3 Å². The van der Waals surface area contributed by atoms with Gasteiger partial charge in [-0.2, -0.15) is 0 Å². The van der Waals surface area contributed by atoms with Gasteiger partial charge in [0.1, 0.15) is 16.5 Å². The molecule has 0 N–H and O–H groups in total. The van der Waals surface area contributed by atoms with E-state index in [9.17, 15) is 9.18 Å². The molecule has 0 atom stereocenters. The molecule has 1 saturated heterocycles. The van der Waals surface area contributed by atoms with Gasteiger partial charge in [0, 0.05) is 42.5 Å². The second-order valence-electron chi connectivity index (χ2n) is 7.59. The Morgan fingerprint density at radius 3 is 2.52 bits per heavy atom. The zero-order valence-electron chi connectivity index (χ0n) is 16.9. The van der Waals surface area contributed by atoms with Gasteiger partial charge in [0.05, 0.1) is 17.8 Å². The van der Waals surface area contributed by atoms with Gasteiger partial charge in [-0.3, -0.25) is 9.69 Å². The highest BCUT2D eigenvalue weighted by atomic mass is 32.1. The first-order valence-electron chi connectivity index (χ1n) is 10.2. The van der Waals surface area contributed by atoms with Crippen LogP contribution in [0.4, 0.5) is 4.39 Å². The molecule has 0 saturated carbocycles. The molecule has 5 rings (SSSR count). The van der Waals surface area contributed by atoms with Gasteiger partial charge in [-0.1, -0.05) is 24.3 Å². The van der Waals surface area contributed by atoms with E-state index in [4.69, 9.17) is 4.98 Å². The highest BCUT2D eigenvalue weighted by Crippen LogP contribution is 2.23. The van der Waals surface area contributed by atoms with Gasteiger partial charge in [0.15, 0.2) is 0 Å². The number of para-hydroxylation sites is 1. The molecule has 4 aromatic rings. The Morgan fingerprint density at radius 1 is 0.935 bits per heavy atom. The minimum Gasteiger partial charge on any atom is -0.335 e. The fourth-order valence-corrected chi connectivity index (χ4v) is 4.63. The summed E-state index contributed by atoms with van der Waals surface area (Å²) in [5, 5.41) is 4.07. The van der Waals surface area contributed by atoms with E-state index in [0.717, 1.165) is 46.8 Å². The third kappa shape index (κ3) is 4.33. The van der Waals surface area contributed by atoms with Crippen molar-refractivity contribution < 1.29 is 9.18 Å². The summed E-state index contributed by atoms with van der Waals surface area (Å²) in [4.78, 5) is 26.3. The van der Waals surface area contributed by atoms with Crippen molar-refractivity contribution in [1.82, 2.24) is 19.8 Å². The van der Waals surface area contributed by atoms with Gasteiger partial charge in [-0.15, -0.1) is 11.3 Å². The van der Waals surface area contributed by atoms with E-state index in [1.54, 1.807) is 23.5 Å². The Morgan fingerprint density at radius 2 is 1.71 bits per heavy atom. The number of amides is 1. The number of fused-ring (bicyclic) bond motifs is 1. The molecule has 31 heavy (non-hydrogen) atoms. The van der Waals surface area contributed by atoms with Crippen LogP contribution in [-0.4, -0.2) is 51.9 Å². The molecule has 0 aliphatic carbocycles. The van der Waals surface area contributed by atoms with Crippen molar-refractivity contribution >= 4 is 28.1 Å². The van der Waals surface area contributed by atoms with Crippen LogP contribution in [0, 0.1) is 5.82 Å². The van der Waals surface area contributed by atoms with Gasteiger partial charge >= 0.3 is 0 Å². The first kappa shape index (κ1) is 19.8. The molecule has 0 radical (unpaired) electrons. The molecule has 5 nitrogen and oxygen atoms in total. The largest absolute Gasteiger partial charge is 0.335 e. The highest BCUT2D eigenvalue weighted by molar-refractivity contribution is 7.09. The lowest BCUT2D eigenvalue weighted by Crippen LogP contribution is -2.48. The van der Waals surface area contributed by atoms with Crippen LogP contribution in [0.15, 0.2) is 66.0 Å². The molecule has 0 unspecified atom stereocenters. The molecule has 7 heteroatoms. The summed E-state index contributed by atoms with van der Waals surface area (Å²) in [5.41, 5.74) is 3.13. The zero-order valence-corrected chi connectivity index (χ0v) is 17.7. The quantitative estimate of drug-likeness (QED) is 0.478. The van der Waals surface area contributed by atoms with Gasteiger partial charge in [0.2, 0.25) is 0 Å². The van der Waals surface area contributed by atoms with E-state index < -0.39 is 0 Å². The first-order chi connectivity index (χ1) is 15.2. The maximum atomic E-state index is 13.1. The molecule has 1 amide bonds. The van der Waals surface area contributed by atoms with Crippen molar-refractivity contribution in [3.05, 3.63) is 82.6 Å². The fraction of sp³-hybridized carbons (Fsp3) is 0.208. The standard InChI is InChI=1S/C24H21FN4OS/c25-19-8-5-18(6-9-19)22-16-31-23(27-22)15-28-11-13-29(14-12-28)24(30)21-10-7-17-3-1-2-4-20(17)26-21/h1-10,16H,11-15H2. The second kappa shape index (κ2) is 8.53. The summed E-state index contributed by atoms with van der Waals surface area (Å²) in [6.07, 6.45) is 0. The van der Waals surface area contributed by atoms with E-state index >= 15 is 0 Å². The lowest BCUT2D eigenvalue weighted by Gasteiger charge is -2.34. The van der Waals surface area contributed by atoms with Crippen molar-refractivity contribution in [3.8, 4) is 11.3 Å². The van der Waals surface area contributed by atoms with E-state index in [2.05, 4.69) is 9.88 Å². The normalized spacial score (nSPS) is 14.8. The molecular formula is C24H21FN4OS. The van der Waals surface area contributed by atoms with Crippen molar-refractivity contribution in [3.63, 3.8) is 0 Å². The number of hydrogen-bond acceptors (Lipinski definition) is 5. The van der Waals surface area contributed by atoms with Crippen molar-refractivity contribution in [2.45, 2.75) is 6.54 Å². The summed E-state index contributed by atoms with van der Waals surface area (Å²) in [7, 11) is 0. The number of aromatic nitrogens is 2. The minimum absolute atomic E-state index is 0.0155. The number of hydrogen-bond donors (Lipinski definition) is 0. The van der Waals surface area contributed by atoms with Gasteiger partial charge in [-0.05, 0) is 36.4 Å². The number of rotatable bonds is 4. The predicted molar refractivity (Wildman–Crippen MR) is 120 cm³/mol. The number of carbonyl (C=O) groups is 1. The molecule has 0 spiro atoms. The fourth-order valence-electron chi connectivity index (χ4n) is 3.78. The number of benzene rings is 2. The Bertz CT molecular complexity index is 1220. The van der Waals surface area contributed by atoms with Crippen molar-refractivity contribution in [1.29, 1.82) is 0 Å². The summed E-state index contributed by atoms with van der Waals surface area (Å²) in [6.45, 7) is 3.69. The van der Waals surface area contributed by atoms with Gasteiger partial charge in [0.25, 0.3) is 5.91 Å². The monoisotopic (exact) mass is 432 g/mol. The highest BCUT2D eigenvalue weighted by Gasteiger charge is 2.23. The van der Waals surface area contributed by atoms with Crippen molar-refractivity contribution in [2.24, 2.45) is 0 Å². The van der Waals surface area contributed by atoms with Crippen LogP contribution in [0.2, 0.25) is 0 Å². The first-order valence-corrected chi connectivity index (χ1v) is 11.1. The molecule has 2 aromatic carbocycles. The molecule has 1 aliphatic rings. The van der Waals surface area contributed by atoms with Gasteiger partial charge < -0.3 is 4.90 Å². The average Bonchev–Trinajstić information content (AvgIpc) is 3.27. The average molecular weight is 433 g/mol. The van der Waals surface area contributed by atoms with Crippen molar-refractivity contribution in [2.75, 3.05) is 26.2 Å². The third-order valence-electron chi connectivity index (χ3n) is 5.53. The van der Waals surface area contributed by atoms with E-state index in [1.165, 1.54) is 12.1 Å². The molecule has 1 fully saturated rings. The summed E-state index contributed by atoms with van der Waals surface area (Å²) < 4.78 is 13.1. The molecule has 2 aromatic heterocycles. The lowest BCUT2D eigenvalue weighted by atomic mass is 10.2. The summed E-state index contributed by atoms with van der Waals surface area (Å²) in [6, 6.07) is 18.0. The number of halogens is 1. The Labute approximate surface area is 183 Å². The maximum absolute atomic E-state index is 13.1. The van der Waals surface area contributed by atoms with Crippen LogP contribution in [-0.2, 0) is 6.54 Å². The molecule has 3 heterocycles. The Hall–Kier alpha value is -3.16. The molecule has 0 bridgehead atoms. The maximum Gasteiger partial charge on any atom is 0.272 e. The smallest absolute Gasteiger partial charge is 0.272 e. The summed E-state index contributed by atoms with van der Waals surface area (Å²) in [5.74, 6) is -0.260.